The van der Waals surface area contributed by atoms with Crippen LogP contribution in [0.25, 0.3) is 0 Å². The molecule has 0 aliphatic carbocycles. The molecule has 2 aromatic rings. The lowest BCUT2D eigenvalue weighted by atomic mass is 10.2. The number of amides is 1. The largest absolute Gasteiger partial charge is 0.417 e. The summed E-state index contributed by atoms with van der Waals surface area (Å²) >= 11 is 0.862. The average Bonchev–Trinajstić information content (AvgIpc) is 3.14. The van der Waals surface area contributed by atoms with Crippen molar-refractivity contribution in [1.82, 2.24) is 20.1 Å². The predicted octanol–water partition coefficient (Wildman–Crippen LogP) is 2.28. The number of hydrogen-bond acceptors (Lipinski definition) is 4. The van der Waals surface area contributed by atoms with E-state index >= 15 is 0 Å². The summed E-state index contributed by atoms with van der Waals surface area (Å²) in [5, 5.41) is 12.8. The molecule has 5 nitrogen and oxygen atoms in total. The molecule has 3 rings (SSSR count). The van der Waals surface area contributed by atoms with Crippen LogP contribution in [0, 0.1) is 0 Å². The molecule has 118 valence electrons. The lowest BCUT2D eigenvalue weighted by molar-refractivity contribution is -0.137. The van der Waals surface area contributed by atoms with Crippen LogP contribution in [-0.4, -0.2) is 27.2 Å². The molecular weight excluding hydrogens is 317 g/mol. The van der Waals surface area contributed by atoms with Crippen molar-refractivity contribution >= 4 is 17.2 Å². The molecule has 0 spiro atoms. The van der Waals surface area contributed by atoms with Gasteiger partial charge < -0.3 is 9.88 Å². The van der Waals surface area contributed by atoms with Crippen molar-refractivity contribution in [2.45, 2.75) is 32.0 Å². The van der Waals surface area contributed by atoms with Crippen molar-refractivity contribution in [3.63, 3.8) is 0 Å². The third-order valence-electron chi connectivity index (χ3n) is 3.53. The maximum Gasteiger partial charge on any atom is 0.417 e. The Bertz CT molecular complexity index is 692. The fourth-order valence-corrected chi connectivity index (χ4v) is 3.31. The highest BCUT2D eigenvalue weighted by Crippen LogP contribution is 2.34. The summed E-state index contributed by atoms with van der Waals surface area (Å²) in [6.45, 7) is 1.08. The van der Waals surface area contributed by atoms with Crippen LogP contribution in [0.4, 0.5) is 13.2 Å². The molecular formula is C13H13F3N4OS. The van der Waals surface area contributed by atoms with Crippen LogP contribution in [0.3, 0.4) is 0 Å². The number of thiophene rings is 1. The number of rotatable bonds is 4. The highest BCUT2D eigenvalue weighted by Gasteiger charge is 2.35. The van der Waals surface area contributed by atoms with Crippen molar-refractivity contribution in [3.05, 3.63) is 33.5 Å². The van der Waals surface area contributed by atoms with E-state index in [-0.39, 0.29) is 12.1 Å². The zero-order valence-corrected chi connectivity index (χ0v) is 12.3. The van der Waals surface area contributed by atoms with Gasteiger partial charge in [0.15, 0.2) is 0 Å². The second kappa shape index (κ2) is 5.71. The van der Waals surface area contributed by atoms with Gasteiger partial charge in [0.05, 0.1) is 11.1 Å². The number of aromatic nitrogens is 3. The number of carbonyl (C=O) groups excluding carboxylic acids is 1. The number of hydrogen-bond donors (Lipinski definition) is 1. The van der Waals surface area contributed by atoms with E-state index < -0.39 is 17.6 Å². The minimum absolute atomic E-state index is 0.226. The number of fused-ring (bicyclic) bond motifs is 1. The van der Waals surface area contributed by atoms with Crippen LogP contribution in [0.2, 0.25) is 0 Å². The third-order valence-corrected chi connectivity index (χ3v) is 4.28. The number of carbonyl (C=O) groups is 1. The van der Waals surface area contributed by atoms with E-state index in [1.165, 1.54) is 5.38 Å². The van der Waals surface area contributed by atoms with Crippen LogP contribution in [0.15, 0.2) is 10.8 Å². The Morgan fingerprint density at radius 3 is 2.95 bits per heavy atom. The van der Waals surface area contributed by atoms with Crippen LogP contribution in [0.5, 0.6) is 0 Å². The maximum absolute atomic E-state index is 12.7. The molecule has 9 heteroatoms. The first kappa shape index (κ1) is 15.0. The zero-order valence-electron chi connectivity index (χ0n) is 11.5. The second-order valence-electron chi connectivity index (χ2n) is 4.99. The molecule has 2 aromatic heterocycles. The van der Waals surface area contributed by atoms with E-state index in [1.54, 1.807) is 0 Å². The third kappa shape index (κ3) is 2.85. The molecule has 1 amide bonds. The predicted molar refractivity (Wildman–Crippen MR) is 73.7 cm³/mol. The van der Waals surface area contributed by atoms with E-state index in [0.29, 0.717) is 6.42 Å². The van der Waals surface area contributed by atoms with Crippen molar-refractivity contribution in [1.29, 1.82) is 0 Å². The van der Waals surface area contributed by atoms with Gasteiger partial charge in [0.1, 0.15) is 11.6 Å². The van der Waals surface area contributed by atoms with E-state index in [0.717, 1.165) is 47.8 Å². The van der Waals surface area contributed by atoms with Gasteiger partial charge in [-0.25, -0.2) is 0 Å². The van der Waals surface area contributed by atoms with Gasteiger partial charge in [-0.3, -0.25) is 4.79 Å². The summed E-state index contributed by atoms with van der Waals surface area (Å²) in [6.07, 6.45) is -2.15. The molecule has 0 bridgehead atoms. The molecule has 0 saturated carbocycles. The highest BCUT2D eigenvalue weighted by atomic mass is 32.1. The van der Waals surface area contributed by atoms with Gasteiger partial charge in [-0.05, 0) is 6.42 Å². The first-order valence-corrected chi connectivity index (χ1v) is 7.73. The Morgan fingerprint density at radius 1 is 1.36 bits per heavy atom. The molecule has 0 saturated heterocycles. The molecule has 1 aliphatic heterocycles. The van der Waals surface area contributed by atoms with Crippen LogP contribution >= 0.6 is 11.3 Å². The molecule has 0 atom stereocenters. The summed E-state index contributed by atoms with van der Waals surface area (Å²) in [5.74, 6) is 0.974. The topological polar surface area (TPSA) is 59.8 Å². The van der Waals surface area contributed by atoms with Crippen molar-refractivity contribution in [2.24, 2.45) is 0 Å². The molecule has 3 heterocycles. The second-order valence-corrected chi connectivity index (χ2v) is 5.73. The standard InChI is InChI=1S/C13H13F3N4OS/c14-13(15,16)9-7-22-6-8(9)12(21)17-4-3-11-19-18-10-2-1-5-20(10)11/h6-7H,1-5H2,(H,17,21). The fourth-order valence-electron chi connectivity index (χ4n) is 2.47. The lowest BCUT2D eigenvalue weighted by Gasteiger charge is -2.09. The molecule has 0 radical (unpaired) electrons. The quantitative estimate of drug-likeness (QED) is 0.936. The first-order chi connectivity index (χ1) is 10.5. The fraction of sp³-hybridized carbons (Fsp3) is 0.462. The van der Waals surface area contributed by atoms with Gasteiger partial charge in [-0.2, -0.15) is 24.5 Å². The molecule has 1 N–H and O–H groups in total. The Morgan fingerprint density at radius 2 is 2.18 bits per heavy atom. The maximum atomic E-state index is 12.7. The number of halogens is 3. The van der Waals surface area contributed by atoms with E-state index in [2.05, 4.69) is 15.5 Å². The zero-order chi connectivity index (χ0) is 15.7. The number of alkyl halides is 3. The Hall–Kier alpha value is -1.90. The monoisotopic (exact) mass is 330 g/mol. The number of aryl methyl sites for hydroxylation is 1. The summed E-state index contributed by atoms with van der Waals surface area (Å²) in [4.78, 5) is 11.9. The Kier molecular flexibility index (Phi) is 3.90. The van der Waals surface area contributed by atoms with Crippen LogP contribution < -0.4 is 5.32 Å². The molecule has 0 aromatic carbocycles. The number of nitrogens with one attached hydrogen (secondary N) is 1. The summed E-state index contributed by atoms with van der Waals surface area (Å²) in [5.41, 5.74) is -1.22. The van der Waals surface area contributed by atoms with Crippen LogP contribution in [0.1, 0.15) is 34.0 Å². The highest BCUT2D eigenvalue weighted by molar-refractivity contribution is 7.08. The summed E-state index contributed by atoms with van der Waals surface area (Å²) in [6, 6.07) is 0. The molecule has 1 aliphatic rings. The molecule has 0 fully saturated rings. The lowest BCUT2D eigenvalue weighted by Crippen LogP contribution is -2.28. The average molecular weight is 330 g/mol. The van der Waals surface area contributed by atoms with Gasteiger partial charge >= 0.3 is 6.18 Å². The van der Waals surface area contributed by atoms with E-state index in [4.69, 9.17) is 0 Å². The van der Waals surface area contributed by atoms with Gasteiger partial charge in [0.25, 0.3) is 5.91 Å². The van der Waals surface area contributed by atoms with Gasteiger partial charge in [0, 0.05) is 36.7 Å². The normalized spacial score (nSPS) is 14.1. The van der Waals surface area contributed by atoms with Crippen molar-refractivity contribution in [3.8, 4) is 0 Å². The Labute approximate surface area is 128 Å². The summed E-state index contributed by atoms with van der Waals surface area (Å²) < 4.78 is 40.2. The van der Waals surface area contributed by atoms with Gasteiger partial charge in [-0.15, -0.1) is 10.2 Å². The smallest absolute Gasteiger partial charge is 0.352 e. The minimum Gasteiger partial charge on any atom is -0.352 e. The Balaban J connectivity index is 1.60. The van der Waals surface area contributed by atoms with Gasteiger partial charge in [0.2, 0.25) is 0 Å². The van der Waals surface area contributed by atoms with Gasteiger partial charge in [-0.1, -0.05) is 0 Å². The van der Waals surface area contributed by atoms with E-state index in [1.807, 2.05) is 4.57 Å². The number of nitrogens with zero attached hydrogens (tertiary/aromatic N) is 3. The SMILES string of the molecule is O=C(NCCc1nnc2n1CCC2)c1cscc1C(F)(F)F. The van der Waals surface area contributed by atoms with Crippen molar-refractivity contribution in [2.75, 3.05) is 6.54 Å². The van der Waals surface area contributed by atoms with E-state index in [9.17, 15) is 18.0 Å². The molecule has 0 unspecified atom stereocenters. The van der Waals surface area contributed by atoms with Crippen molar-refractivity contribution < 1.29 is 18.0 Å². The van der Waals surface area contributed by atoms with Crippen LogP contribution in [-0.2, 0) is 25.6 Å². The summed E-state index contributed by atoms with van der Waals surface area (Å²) in [7, 11) is 0. The minimum atomic E-state index is -4.51. The first-order valence-electron chi connectivity index (χ1n) is 6.79. The molecule has 22 heavy (non-hydrogen) atoms.